The van der Waals surface area contributed by atoms with Crippen molar-refractivity contribution in [1.29, 1.82) is 0 Å². The van der Waals surface area contributed by atoms with Gasteiger partial charge in [0.2, 0.25) is 0 Å². The number of carboxylic acids is 1. The van der Waals surface area contributed by atoms with Crippen molar-refractivity contribution in [2.75, 3.05) is 0 Å². The maximum Gasteiger partial charge on any atom is 0.309 e. The Bertz CT molecular complexity index is 314. The van der Waals surface area contributed by atoms with Gasteiger partial charge in [0.15, 0.2) is 0 Å². The molecule has 0 radical (unpaired) electrons. The average Bonchev–Trinajstić information content (AvgIpc) is 1.96. The minimum atomic E-state index is -1.06. The summed E-state index contributed by atoms with van der Waals surface area (Å²) in [6, 6.07) is 2.70. The van der Waals surface area contributed by atoms with E-state index in [9.17, 15) is 4.79 Å². The summed E-state index contributed by atoms with van der Waals surface area (Å²) in [6.07, 6.45) is -0.327. The van der Waals surface area contributed by atoms with Gasteiger partial charge in [-0.1, -0.05) is 11.6 Å². The zero-order chi connectivity index (χ0) is 9.14. The van der Waals surface area contributed by atoms with Gasteiger partial charge in [-0.05, 0) is 12.1 Å². The molecule has 0 amide bonds. The summed E-state index contributed by atoms with van der Waals surface area (Å²) in [5.41, 5.74) is 0.0787. The number of hydrogen-bond donors (Lipinski definition) is 2. The molecule has 0 fully saturated rings. The number of aromatic nitrogens is 1. The highest BCUT2D eigenvalue weighted by Gasteiger charge is 2.07. The van der Waals surface area contributed by atoms with Crippen LogP contribution in [-0.2, 0) is 11.2 Å². The van der Waals surface area contributed by atoms with E-state index in [2.05, 4.69) is 4.98 Å². The van der Waals surface area contributed by atoms with Crippen LogP contribution in [0.15, 0.2) is 12.1 Å². The summed E-state index contributed by atoms with van der Waals surface area (Å²) >= 11 is 5.49. The highest BCUT2D eigenvalue weighted by atomic mass is 35.5. The molecule has 0 bridgehead atoms. The van der Waals surface area contributed by atoms with Gasteiger partial charge < -0.3 is 10.2 Å². The molecule has 1 aromatic rings. The third-order valence-electron chi connectivity index (χ3n) is 1.23. The molecule has 64 valence electrons. The zero-order valence-corrected chi connectivity index (χ0v) is 6.75. The van der Waals surface area contributed by atoms with Crippen molar-refractivity contribution in [3.05, 3.63) is 23.0 Å². The van der Waals surface area contributed by atoms with Crippen LogP contribution in [0.4, 0.5) is 0 Å². The molecule has 0 aliphatic rings. The van der Waals surface area contributed by atoms with E-state index in [1.54, 1.807) is 0 Å². The van der Waals surface area contributed by atoms with Crippen molar-refractivity contribution in [3.8, 4) is 5.75 Å². The van der Waals surface area contributed by atoms with Gasteiger partial charge in [-0.3, -0.25) is 4.79 Å². The van der Waals surface area contributed by atoms with Gasteiger partial charge in [-0.25, -0.2) is 4.98 Å². The Morgan fingerprint density at radius 3 is 2.83 bits per heavy atom. The summed E-state index contributed by atoms with van der Waals surface area (Å²) in [7, 11) is 0. The first-order chi connectivity index (χ1) is 5.59. The topological polar surface area (TPSA) is 70.4 Å². The number of halogens is 1. The smallest absolute Gasteiger partial charge is 0.309 e. The molecule has 0 aromatic carbocycles. The molecule has 1 heterocycles. The summed E-state index contributed by atoms with van der Waals surface area (Å²) in [5.74, 6) is -1.21. The molecule has 0 aliphatic carbocycles. The van der Waals surface area contributed by atoms with Crippen molar-refractivity contribution in [2.45, 2.75) is 6.42 Å². The van der Waals surface area contributed by atoms with Crippen LogP contribution in [0.2, 0.25) is 5.15 Å². The predicted molar refractivity (Wildman–Crippen MR) is 42.3 cm³/mol. The summed E-state index contributed by atoms with van der Waals surface area (Å²) in [6.45, 7) is 0. The lowest BCUT2D eigenvalue weighted by molar-refractivity contribution is -0.136. The Hall–Kier alpha value is -1.29. The quantitative estimate of drug-likeness (QED) is 0.680. The Morgan fingerprint density at radius 2 is 2.25 bits per heavy atom. The molecule has 5 heteroatoms. The van der Waals surface area contributed by atoms with E-state index < -0.39 is 5.97 Å². The summed E-state index contributed by atoms with van der Waals surface area (Å²) < 4.78 is 0. The molecule has 0 saturated carbocycles. The maximum atomic E-state index is 10.2. The van der Waals surface area contributed by atoms with Gasteiger partial charge in [0.05, 0.1) is 12.1 Å². The van der Waals surface area contributed by atoms with E-state index in [1.807, 2.05) is 0 Å². The van der Waals surface area contributed by atoms with Crippen LogP contribution < -0.4 is 0 Å². The van der Waals surface area contributed by atoms with Crippen molar-refractivity contribution < 1.29 is 15.0 Å². The lowest BCUT2D eigenvalue weighted by Crippen LogP contribution is -2.02. The minimum Gasteiger partial charge on any atom is -0.506 e. The van der Waals surface area contributed by atoms with Gasteiger partial charge in [-0.2, -0.15) is 0 Å². The highest BCUT2D eigenvalue weighted by molar-refractivity contribution is 6.29. The first kappa shape index (κ1) is 8.80. The fraction of sp³-hybridized carbons (Fsp3) is 0.143. The molecular formula is C7H6ClNO3. The number of aromatic hydroxyl groups is 1. The van der Waals surface area contributed by atoms with Crippen LogP contribution in [0.3, 0.4) is 0 Å². The molecule has 0 unspecified atom stereocenters. The maximum absolute atomic E-state index is 10.2. The predicted octanol–water partition coefficient (Wildman–Crippen LogP) is 1.07. The van der Waals surface area contributed by atoms with Gasteiger partial charge in [-0.15, -0.1) is 0 Å². The fourth-order valence-electron chi connectivity index (χ4n) is 0.741. The largest absolute Gasteiger partial charge is 0.506 e. The first-order valence-electron chi connectivity index (χ1n) is 3.16. The van der Waals surface area contributed by atoms with Gasteiger partial charge in [0, 0.05) is 0 Å². The molecular weight excluding hydrogens is 182 g/mol. The van der Waals surface area contributed by atoms with Crippen LogP contribution >= 0.6 is 11.6 Å². The Morgan fingerprint density at radius 1 is 1.58 bits per heavy atom. The molecule has 0 spiro atoms. The molecule has 1 rings (SSSR count). The number of carbonyl (C=O) groups is 1. The van der Waals surface area contributed by atoms with Gasteiger partial charge in [0.1, 0.15) is 10.9 Å². The Kier molecular flexibility index (Phi) is 2.50. The minimum absolute atomic E-state index is 0.0787. The van der Waals surface area contributed by atoms with E-state index in [1.165, 1.54) is 12.1 Å². The van der Waals surface area contributed by atoms with Crippen molar-refractivity contribution in [1.82, 2.24) is 4.98 Å². The Balaban J connectivity index is 2.97. The van der Waals surface area contributed by atoms with Crippen LogP contribution in [0.1, 0.15) is 5.69 Å². The zero-order valence-electron chi connectivity index (χ0n) is 5.99. The lowest BCUT2D eigenvalue weighted by atomic mass is 10.2. The third-order valence-corrected chi connectivity index (χ3v) is 1.45. The van der Waals surface area contributed by atoms with E-state index in [0.29, 0.717) is 0 Å². The number of aliphatic carboxylic acids is 1. The molecule has 12 heavy (non-hydrogen) atoms. The summed E-state index contributed by atoms with van der Waals surface area (Å²) in [5, 5.41) is 17.7. The second kappa shape index (κ2) is 3.40. The fourth-order valence-corrected chi connectivity index (χ4v) is 0.906. The van der Waals surface area contributed by atoms with E-state index in [4.69, 9.17) is 21.8 Å². The van der Waals surface area contributed by atoms with E-state index in [0.717, 1.165) is 0 Å². The normalized spacial score (nSPS) is 9.75. The first-order valence-corrected chi connectivity index (χ1v) is 3.53. The van der Waals surface area contributed by atoms with E-state index >= 15 is 0 Å². The molecule has 4 nitrogen and oxygen atoms in total. The van der Waals surface area contributed by atoms with Crippen LogP contribution in [0.25, 0.3) is 0 Å². The third kappa shape index (κ3) is 2.10. The SMILES string of the molecule is O=C(O)Cc1nc(Cl)ccc1O. The Labute approximate surface area is 73.4 Å². The number of rotatable bonds is 2. The number of pyridine rings is 1. The van der Waals surface area contributed by atoms with Crippen molar-refractivity contribution >= 4 is 17.6 Å². The van der Waals surface area contributed by atoms with Crippen LogP contribution in [-0.4, -0.2) is 21.2 Å². The number of hydrogen-bond acceptors (Lipinski definition) is 3. The van der Waals surface area contributed by atoms with Crippen LogP contribution in [0, 0.1) is 0 Å². The monoisotopic (exact) mass is 187 g/mol. The lowest BCUT2D eigenvalue weighted by Gasteiger charge is -1.99. The van der Waals surface area contributed by atoms with Gasteiger partial charge >= 0.3 is 5.97 Å². The molecule has 2 N–H and O–H groups in total. The van der Waals surface area contributed by atoms with Crippen LogP contribution in [0.5, 0.6) is 5.75 Å². The second-order valence-corrected chi connectivity index (χ2v) is 2.56. The van der Waals surface area contributed by atoms with Crippen molar-refractivity contribution in [3.63, 3.8) is 0 Å². The van der Waals surface area contributed by atoms with Crippen molar-refractivity contribution in [2.24, 2.45) is 0 Å². The molecule has 0 saturated heterocycles. The number of carboxylic acid groups (broad SMARTS) is 1. The molecule has 1 aromatic heterocycles. The number of nitrogens with zero attached hydrogens (tertiary/aromatic N) is 1. The standard InChI is InChI=1S/C7H6ClNO3/c8-6-2-1-5(10)4(9-6)3-7(11)12/h1-2,10H,3H2,(H,11,12). The highest BCUT2D eigenvalue weighted by Crippen LogP contribution is 2.17. The average molecular weight is 188 g/mol. The molecule has 0 aliphatic heterocycles. The second-order valence-electron chi connectivity index (χ2n) is 2.17. The summed E-state index contributed by atoms with van der Waals surface area (Å²) in [4.78, 5) is 13.9. The molecule has 0 atom stereocenters. The van der Waals surface area contributed by atoms with E-state index in [-0.39, 0.29) is 23.0 Å². The van der Waals surface area contributed by atoms with Gasteiger partial charge in [0.25, 0.3) is 0 Å².